The average Bonchev–Trinajstić information content (AvgIpc) is 2.18. The van der Waals surface area contributed by atoms with Crippen molar-refractivity contribution in [2.45, 2.75) is 44.7 Å². The summed E-state index contributed by atoms with van der Waals surface area (Å²) in [6.07, 6.45) is 1.07. The quantitative estimate of drug-likeness (QED) is 0.846. The van der Waals surface area contributed by atoms with Gasteiger partial charge in [-0.1, -0.05) is 0 Å². The minimum atomic E-state index is -3.37. The molecule has 0 atom stereocenters. The zero-order valence-corrected chi connectivity index (χ0v) is 12.3. The Labute approximate surface area is 109 Å². The fourth-order valence-electron chi connectivity index (χ4n) is 2.08. The van der Waals surface area contributed by atoms with Gasteiger partial charge in [0, 0.05) is 18.3 Å². The number of nitrogens with zero attached hydrogens (tertiary/aromatic N) is 1. The zero-order chi connectivity index (χ0) is 14.1. The molecule has 0 aromatic heterocycles. The van der Waals surface area contributed by atoms with Crippen molar-refractivity contribution in [3.63, 3.8) is 0 Å². The second kappa shape index (κ2) is 5.26. The molecule has 0 aliphatic rings. The summed E-state index contributed by atoms with van der Waals surface area (Å²) in [5.74, 6) is -0.500. The Morgan fingerprint density at radius 2 is 1.61 bits per heavy atom. The molecular weight excluding hydrogens is 253 g/mol. The Kier molecular flexibility index (Phi) is 4.37. The van der Waals surface area contributed by atoms with E-state index in [4.69, 9.17) is 0 Å². The molecule has 5 heteroatoms. The van der Waals surface area contributed by atoms with E-state index in [1.807, 2.05) is 32.6 Å². The lowest BCUT2D eigenvalue weighted by atomic mass is 10.2. The van der Waals surface area contributed by atoms with Crippen molar-refractivity contribution in [2.75, 3.05) is 11.2 Å². The van der Waals surface area contributed by atoms with Gasteiger partial charge in [-0.2, -0.15) is 0 Å². The fraction of sp³-hybridized carbons (Fsp3) is 0.538. The van der Waals surface area contributed by atoms with Gasteiger partial charge < -0.3 is 4.90 Å². The number of hydrogen-bond acceptors (Lipinski definition) is 3. The first-order valence-corrected chi connectivity index (χ1v) is 7.81. The van der Waals surface area contributed by atoms with Crippen molar-refractivity contribution < 1.29 is 12.8 Å². The number of halogens is 1. The van der Waals surface area contributed by atoms with Crippen LogP contribution >= 0.6 is 0 Å². The Morgan fingerprint density at radius 3 is 1.94 bits per heavy atom. The molecule has 0 spiro atoms. The molecule has 102 valence electrons. The molecule has 0 saturated carbocycles. The molecule has 0 aliphatic carbocycles. The molecule has 0 saturated heterocycles. The number of hydrogen-bond donors (Lipinski definition) is 0. The Morgan fingerprint density at radius 1 is 1.11 bits per heavy atom. The third-order valence-corrected chi connectivity index (χ3v) is 3.85. The molecular formula is C13H20FNO2S. The SMILES string of the molecule is CC(C)N(c1ccc(S(C)(=O)=O)cc1F)C(C)C. The molecule has 0 fully saturated rings. The minimum Gasteiger partial charge on any atom is -0.364 e. The van der Waals surface area contributed by atoms with Crippen LogP contribution in [0, 0.1) is 5.82 Å². The molecule has 1 aromatic carbocycles. The van der Waals surface area contributed by atoms with Gasteiger partial charge in [0.05, 0.1) is 10.6 Å². The topological polar surface area (TPSA) is 37.4 Å². The van der Waals surface area contributed by atoms with Gasteiger partial charge in [-0.05, 0) is 45.9 Å². The number of benzene rings is 1. The summed E-state index contributed by atoms with van der Waals surface area (Å²) in [6, 6.07) is 4.35. The third-order valence-electron chi connectivity index (χ3n) is 2.74. The smallest absolute Gasteiger partial charge is 0.175 e. The lowest BCUT2D eigenvalue weighted by molar-refractivity contribution is 0.563. The highest BCUT2D eigenvalue weighted by atomic mass is 32.2. The largest absolute Gasteiger partial charge is 0.364 e. The van der Waals surface area contributed by atoms with Crippen LogP contribution in [0.3, 0.4) is 0 Å². The second-order valence-electron chi connectivity index (χ2n) is 4.98. The van der Waals surface area contributed by atoms with Crippen molar-refractivity contribution in [3.05, 3.63) is 24.0 Å². The summed E-state index contributed by atoms with van der Waals surface area (Å²) in [5, 5.41) is 0. The highest BCUT2D eigenvalue weighted by Gasteiger charge is 2.19. The number of anilines is 1. The van der Waals surface area contributed by atoms with Gasteiger partial charge in [-0.25, -0.2) is 12.8 Å². The van der Waals surface area contributed by atoms with Crippen LogP contribution in [0.4, 0.5) is 10.1 Å². The van der Waals surface area contributed by atoms with Crippen molar-refractivity contribution >= 4 is 15.5 Å². The summed E-state index contributed by atoms with van der Waals surface area (Å²) < 4.78 is 36.8. The normalized spacial score (nSPS) is 12.2. The average molecular weight is 273 g/mol. The molecule has 0 heterocycles. The summed E-state index contributed by atoms with van der Waals surface area (Å²) in [7, 11) is -3.37. The zero-order valence-electron chi connectivity index (χ0n) is 11.4. The summed E-state index contributed by atoms with van der Waals surface area (Å²) >= 11 is 0. The fourth-order valence-corrected chi connectivity index (χ4v) is 2.71. The maximum atomic E-state index is 14.0. The molecule has 3 nitrogen and oxygen atoms in total. The van der Waals surface area contributed by atoms with Crippen molar-refractivity contribution in [1.29, 1.82) is 0 Å². The molecule has 0 N–H and O–H groups in total. The third kappa shape index (κ3) is 3.22. The van der Waals surface area contributed by atoms with Crippen LogP contribution in [-0.2, 0) is 9.84 Å². The van der Waals surface area contributed by atoms with Gasteiger partial charge in [0.25, 0.3) is 0 Å². The first kappa shape index (κ1) is 15.0. The molecule has 0 bridgehead atoms. The molecule has 0 radical (unpaired) electrons. The first-order chi connectivity index (χ1) is 8.14. The van der Waals surface area contributed by atoms with Crippen LogP contribution in [0.5, 0.6) is 0 Å². The van der Waals surface area contributed by atoms with E-state index < -0.39 is 15.7 Å². The Balaban J connectivity index is 3.28. The summed E-state index contributed by atoms with van der Waals surface area (Å²) in [6.45, 7) is 7.90. The Hall–Kier alpha value is -1.10. The highest BCUT2D eigenvalue weighted by Crippen LogP contribution is 2.26. The molecule has 1 aromatic rings. The van der Waals surface area contributed by atoms with Gasteiger partial charge in [-0.3, -0.25) is 0 Å². The molecule has 0 unspecified atom stereocenters. The second-order valence-corrected chi connectivity index (χ2v) is 7.00. The van der Waals surface area contributed by atoms with Crippen LogP contribution in [0.1, 0.15) is 27.7 Å². The maximum absolute atomic E-state index is 14.0. The van der Waals surface area contributed by atoms with E-state index in [2.05, 4.69) is 0 Å². The minimum absolute atomic E-state index is 0.0104. The first-order valence-electron chi connectivity index (χ1n) is 5.92. The highest BCUT2D eigenvalue weighted by molar-refractivity contribution is 7.90. The Bertz CT molecular complexity index is 516. The van der Waals surface area contributed by atoms with Gasteiger partial charge in [-0.15, -0.1) is 0 Å². The van der Waals surface area contributed by atoms with E-state index in [1.165, 1.54) is 12.1 Å². The lowest BCUT2D eigenvalue weighted by Gasteiger charge is -2.33. The van der Waals surface area contributed by atoms with E-state index >= 15 is 0 Å². The molecule has 0 aliphatic heterocycles. The number of rotatable bonds is 4. The molecule has 18 heavy (non-hydrogen) atoms. The van der Waals surface area contributed by atoms with Crippen molar-refractivity contribution in [3.8, 4) is 0 Å². The van der Waals surface area contributed by atoms with E-state index in [9.17, 15) is 12.8 Å². The molecule has 0 amide bonds. The van der Waals surface area contributed by atoms with Crippen molar-refractivity contribution in [2.24, 2.45) is 0 Å². The number of sulfone groups is 1. The van der Waals surface area contributed by atoms with Crippen LogP contribution in [-0.4, -0.2) is 26.8 Å². The predicted molar refractivity (Wildman–Crippen MR) is 72.3 cm³/mol. The van der Waals surface area contributed by atoms with E-state index in [0.717, 1.165) is 12.3 Å². The van der Waals surface area contributed by atoms with Gasteiger partial charge in [0.1, 0.15) is 5.82 Å². The summed E-state index contributed by atoms with van der Waals surface area (Å²) in [4.78, 5) is 1.93. The van der Waals surface area contributed by atoms with Gasteiger partial charge in [0.15, 0.2) is 9.84 Å². The van der Waals surface area contributed by atoms with Crippen LogP contribution in [0.25, 0.3) is 0 Å². The predicted octanol–water partition coefficient (Wildman–Crippen LogP) is 2.85. The summed E-state index contributed by atoms with van der Waals surface area (Å²) in [5.41, 5.74) is 0.437. The van der Waals surface area contributed by atoms with E-state index in [-0.39, 0.29) is 17.0 Å². The van der Waals surface area contributed by atoms with Crippen LogP contribution in [0.2, 0.25) is 0 Å². The van der Waals surface area contributed by atoms with E-state index in [1.54, 1.807) is 0 Å². The van der Waals surface area contributed by atoms with Crippen molar-refractivity contribution in [1.82, 2.24) is 0 Å². The van der Waals surface area contributed by atoms with Gasteiger partial charge >= 0.3 is 0 Å². The maximum Gasteiger partial charge on any atom is 0.175 e. The van der Waals surface area contributed by atoms with E-state index in [0.29, 0.717) is 5.69 Å². The lowest BCUT2D eigenvalue weighted by Crippen LogP contribution is -2.37. The van der Waals surface area contributed by atoms with Crippen LogP contribution < -0.4 is 4.90 Å². The van der Waals surface area contributed by atoms with Gasteiger partial charge in [0.2, 0.25) is 0 Å². The molecule has 1 rings (SSSR count). The van der Waals surface area contributed by atoms with Crippen LogP contribution in [0.15, 0.2) is 23.1 Å². The monoisotopic (exact) mass is 273 g/mol. The standard InChI is InChI=1S/C13H20FNO2S/c1-9(2)15(10(3)4)13-7-6-11(8-12(13)14)18(5,16)17/h6-10H,1-5H3.